The van der Waals surface area contributed by atoms with Crippen LogP contribution >= 0.6 is 15.9 Å². The largest absolute Gasteiger partial charge is 0.496 e. The van der Waals surface area contributed by atoms with Gasteiger partial charge in [0.1, 0.15) is 5.75 Å². The minimum Gasteiger partial charge on any atom is -0.496 e. The molecule has 3 heteroatoms. The molecule has 0 saturated carbocycles. The summed E-state index contributed by atoms with van der Waals surface area (Å²) in [7, 11) is 1.66. The Morgan fingerprint density at radius 2 is 2.19 bits per heavy atom. The molecule has 0 heterocycles. The Labute approximate surface area is 106 Å². The lowest BCUT2D eigenvalue weighted by molar-refractivity contribution is 0.158. The van der Waals surface area contributed by atoms with Crippen LogP contribution in [0.3, 0.4) is 0 Å². The number of rotatable bonds is 6. The third-order valence-corrected chi connectivity index (χ3v) is 3.31. The lowest BCUT2D eigenvalue weighted by Gasteiger charge is -2.08. The van der Waals surface area contributed by atoms with Gasteiger partial charge in [-0.05, 0) is 59.3 Å². The van der Waals surface area contributed by atoms with E-state index in [2.05, 4.69) is 28.1 Å². The second kappa shape index (κ2) is 6.92. The Morgan fingerprint density at radius 3 is 2.75 bits per heavy atom. The van der Waals surface area contributed by atoms with Crippen molar-refractivity contribution in [3.63, 3.8) is 0 Å². The molecule has 0 radical (unpaired) electrons. The van der Waals surface area contributed by atoms with Crippen molar-refractivity contribution in [2.24, 2.45) is 0 Å². The van der Waals surface area contributed by atoms with E-state index >= 15 is 0 Å². The number of aliphatic hydroxyl groups excluding tert-OH is 1. The Hall–Kier alpha value is -0.540. The normalized spacial score (nSPS) is 12.5. The van der Waals surface area contributed by atoms with Crippen molar-refractivity contribution in [1.82, 2.24) is 0 Å². The minimum absolute atomic E-state index is 0.151. The van der Waals surface area contributed by atoms with Gasteiger partial charge in [-0.25, -0.2) is 0 Å². The predicted octanol–water partition coefficient (Wildman–Crippen LogP) is 3.55. The molecule has 0 saturated heterocycles. The molecule has 0 spiro atoms. The zero-order valence-corrected chi connectivity index (χ0v) is 11.5. The van der Waals surface area contributed by atoms with Crippen LogP contribution in [0.2, 0.25) is 0 Å². The highest BCUT2D eigenvalue weighted by molar-refractivity contribution is 9.10. The molecule has 90 valence electrons. The molecular weight excluding hydrogens is 268 g/mol. The Bertz CT molecular complexity index is 326. The Morgan fingerprint density at radius 1 is 1.44 bits per heavy atom. The summed E-state index contributed by atoms with van der Waals surface area (Å²) in [6.07, 6.45) is 3.58. The molecule has 1 aromatic rings. The summed E-state index contributed by atoms with van der Waals surface area (Å²) < 4.78 is 6.16. The molecule has 0 bridgehead atoms. The van der Waals surface area contributed by atoms with E-state index in [0.29, 0.717) is 0 Å². The van der Waals surface area contributed by atoms with Crippen molar-refractivity contribution in [3.05, 3.63) is 28.2 Å². The van der Waals surface area contributed by atoms with E-state index < -0.39 is 0 Å². The van der Waals surface area contributed by atoms with Crippen LogP contribution < -0.4 is 4.74 Å². The molecule has 1 atom stereocenters. The lowest BCUT2D eigenvalue weighted by atomic mass is 10.0. The zero-order valence-electron chi connectivity index (χ0n) is 9.87. The highest BCUT2D eigenvalue weighted by atomic mass is 79.9. The van der Waals surface area contributed by atoms with E-state index in [-0.39, 0.29) is 6.10 Å². The summed E-state index contributed by atoms with van der Waals surface area (Å²) in [5, 5.41) is 9.44. The number of hydrogen-bond acceptors (Lipinski definition) is 2. The van der Waals surface area contributed by atoms with Crippen molar-refractivity contribution in [1.29, 1.82) is 0 Å². The van der Waals surface area contributed by atoms with Gasteiger partial charge in [0.2, 0.25) is 0 Å². The summed E-state index contributed by atoms with van der Waals surface area (Å²) in [4.78, 5) is 0. The first-order valence-corrected chi connectivity index (χ1v) is 6.47. The van der Waals surface area contributed by atoms with Crippen LogP contribution in [0.15, 0.2) is 22.7 Å². The topological polar surface area (TPSA) is 29.5 Å². The number of halogens is 1. The highest BCUT2D eigenvalue weighted by Crippen LogP contribution is 2.26. The number of ether oxygens (including phenoxy) is 1. The van der Waals surface area contributed by atoms with Gasteiger partial charge in [-0.3, -0.25) is 0 Å². The van der Waals surface area contributed by atoms with E-state index in [4.69, 9.17) is 4.74 Å². The summed E-state index contributed by atoms with van der Waals surface area (Å²) in [5.41, 5.74) is 1.27. The van der Waals surface area contributed by atoms with E-state index in [1.807, 2.05) is 13.0 Å². The maximum atomic E-state index is 9.44. The molecule has 1 N–H and O–H groups in total. The van der Waals surface area contributed by atoms with E-state index in [0.717, 1.165) is 35.9 Å². The summed E-state index contributed by atoms with van der Waals surface area (Å²) >= 11 is 3.47. The van der Waals surface area contributed by atoms with Crippen LogP contribution in [0.25, 0.3) is 0 Å². The van der Waals surface area contributed by atoms with Crippen molar-refractivity contribution in [3.8, 4) is 5.75 Å². The molecule has 0 amide bonds. The molecule has 1 unspecified atom stereocenters. The molecule has 1 aromatic carbocycles. The SMILES string of the molecule is CCC(O)CCCc1ccc(OC)c(Br)c1. The van der Waals surface area contributed by atoms with Gasteiger partial charge in [0, 0.05) is 0 Å². The van der Waals surface area contributed by atoms with Crippen LogP contribution in [0.4, 0.5) is 0 Å². The van der Waals surface area contributed by atoms with Crippen LogP contribution in [0.1, 0.15) is 31.7 Å². The van der Waals surface area contributed by atoms with Crippen LogP contribution in [0.5, 0.6) is 5.75 Å². The molecule has 0 aliphatic rings. The number of hydrogen-bond donors (Lipinski definition) is 1. The number of aliphatic hydroxyl groups is 1. The Kier molecular flexibility index (Phi) is 5.85. The standard InChI is InChI=1S/C13H19BrO2/c1-3-11(15)6-4-5-10-7-8-13(16-2)12(14)9-10/h7-9,11,15H,3-6H2,1-2H3. The van der Waals surface area contributed by atoms with E-state index in [1.165, 1.54) is 5.56 Å². The van der Waals surface area contributed by atoms with Gasteiger partial charge in [-0.1, -0.05) is 13.0 Å². The third-order valence-electron chi connectivity index (χ3n) is 2.69. The molecule has 0 aromatic heterocycles. The summed E-state index contributed by atoms with van der Waals surface area (Å²) in [6, 6.07) is 6.12. The number of benzene rings is 1. The fourth-order valence-electron chi connectivity index (χ4n) is 1.61. The van der Waals surface area contributed by atoms with Gasteiger partial charge in [0.15, 0.2) is 0 Å². The van der Waals surface area contributed by atoms with Crippen molar-refractivity contribution in [2.75, 3.05) is 7.11 Å². The second-order valence-electron chi connectivity index (χ2n) is 3.92. The van der Waals surface area contributed by atoms with Crippen LogP contribution in [-0.2, 0) is 6.42 Å². The Balaban J connectivity index is 2.46. The minimum atomic E-state index is -0.151. The number of aryl methyl sites for hydroxylation is 1. The van der Waals surface area contributed by atoms with E-state index in [9.17, 15) is 5.11 Å². The van der Waals surface area contributed by atoms with Gasteiger partial charge in [-0.2, -0.15) is 0 Å². The second-order valence-corrected chi connectivity index (χ2v) is 4.78. The highest BCUT2D eigenvalue weighted by Gasteiger charge is 2.03. The van der Waals surface area contributed by atoms with Crippen molar-refractivity contribution in [2.45, 2.75) is 38.7 Å². The fraction of sp³-hybridized carbons (Fsp3) is 0.538. The first-order valence-electron chi connectivity index (χ1n) is 5.67. The molecule has 0 fully saturated rings. The average molecular weight is 287 g/mol. The summed E-state index contributed by atoms with van der Waals surface area (Å²) in [5.74, 6) is 0.859. The van der Waals surface area contributed by atoms with E-state index in [1.54, 1.807) is 7.11 Å². The molecule has 16 heavy (non-hydrogen) atoms. The van der Waals surface area contributed by atoms with Gasteiger partial charge in [0.25, 0.3) is 0 Å². The zero-order chi connectivity index (χ0) is 12.0. The maximum Gasteiger partial charge on any atom is 0.133 e. The lowest BCUT2D eigenvalue weighted by Crippen LogP contribution is -2.04. The molecular formula is C13H19BrO2. The predicted molar refractivity (Wildman–Crippen MR) is 69.9 cm³/mol. The number of methoxy groups -OCH3 is 1. The monoisotopic (exact) mass is 286 g/mol. The first-order chi connectivity index (χ1) is 7.67. The fourth-order valence-corrected chi connectivity index (χ4v) is 2.20. The van der Waals surface area contributed by atoms with Crippen LogP contribution in [0, 0.1) is 0 Å². The third kappa shape index (κ3) is 4.14. The molecule has 1 rings (SSSR count). The smallest absolute Gasteiger partial charge is 0.133 e. The maximum absolute atomic E-state index is 9.44. The van der Waals surface area contributed by atoms with Crippen molar-refractivity contribution >= 4 is 15.9 Å². The van der Waals surface area contributed by atoms with Crippen LogP contribution in [-0.4, -0.2) is 18.3 Å². The van der Waals surface area contributed by atoms with Gasteiger partial charge < -0.3 is 9.84 Å². The average Bonchev–Trinajstić information content (AvgIpc) is 2.29. The summed E-state index contributed by atoms with van der Waals surface area (Å²) in [6.45, 7) is 2.01. The molecule has 2 nitrogen and oxygen atoms in total. The van der Waals surface area contributed by atoms with Crippen molar-refractivity contribution < 1.29 is 9.84 Å². The quantitative estimate of drug-likeness (QED) is 0.867. The molecule has 0 aliphatic carbocycles. The molecule has 0 aliphatic heterocycles. The van der Waals surface area contributed by atoms with Gasteiger partial charge in [-0.15, -0.1) is 0 Å². The van der Waals surface area contributed by atoms with Gasteiger partial charge >= 0.3 is 0 Å². The first kappa shape index (κ1) is 13.5. The van der Waals surface area contributed by atoms with Gasteiger partial charge in [0.05, 0.1) is 17.7 Å².